The van der Waals surface area contributed by atoms with Crippen molar-refractivity contribution in [2.24, 2.45) is 0 Å². The minimum atomic E-state index is -0.0699. The first-order chi connectivity index (χ1) is 26.4. The highest BCUT2D eigenvalue weighted by atomic mass is 16.5. The van der Waals surface area contributed by atoms with Gasteiger partial charge in [0.05, 0.1) is 28.7 Å². The van der Waals surface area contributed by atoms with Crippen LogP contribution in [0.5, 0.6) is 11.5 Å². The van der Waals surface area contributed by atoms with Gasteiger partial charge in [-0.2, -0.15) is 0 Å². The second-order valence-corrected chi connectivity index (χ2v) is 15.1. The van der Waals surface area contributed by atoms with Crippen LogP contribution in [0.2, 0.25) is 0 Å². The van der Waals surface area contributed by atoms with Gasteiger partial charge in [-0.15, -0.1) is 0 Å². The normalized spacial score (nSPS) is 13.2. The lowest BCUT2D eigenvalue weighted by atomic mass is 9.86. The van der Waals surface area contributed by atoms with Gasteiger partial charge in [0.2, 0.25) is 0 Å². The fourth-order valence-corrected chi connectivity index (χ4v) is 7.84. The van der Waals surface area contributed by atoms with E-state index in [1.165, 1.54) is 22.0 Å². The predicted molar refractivity (Wildman–Crippen MR) is 224 cm³/mol. The molecule has 1 aliphatic heterocycles. The first-order valence-corrected chi connectivity index (χ1v) is 18.5. The summed E-state index contributed by atoms with van der Waals surface area (Å²) in [6.45, 7) is 7.47. The van der Waals surface area contributed by atoms with E-state index in [1.54, 1.807) is 0 Å². The van der Waals surface area contributed by atoms with Crippen molar-refractivity contribution in [2.75, 3.05) is 16.5 Å². The molecule has 0 unspecified atom stereocenters. The van der Waals surface area contributed by atoms with Crippen LogP contribution in [-0.2, 0) is 5.41 Å². The molecule has 0 spiro atoms. The van der Waals surface area contributed by atoms with Crippen LogP contribution in [0, 0.1) is 0 Å². The largest absolute Gasteiger partial charge is 0.457 e. The van der Waals surface area contributed by atoms with E-state index < -0.39 is 0 Å². The summed E-state index contributed by atoms with van der Waals surface area (Å²) in [7, 11) is 0. The average Bonchev–Trinajstić information content (AvgIpc) is 3.91. The molecule has 262 valence electrons. The highest BCUT2D eigenvalue weighted by Gasteiger charge is 2.22. The van der Waals surface area contributed by atoms with Gasteiger partial charge in [-0.05, 0) is 71.6 Å². The summed E-state index contributed by atoms with van der Waals surface area (Å²) in [5.41, 5.74) is 8.92. The smallest absolute Gasteiger partial charge is 0.139 e. The number of rotatable bonds is 6. The molecule has 6 heteroatoms. The number of hydrogen-bond donors (Lipinski definition) is 0. The number of hydrogen-bond acceptors (Lipinski definition) is 4. The van der Waals surface area contributed by atoms with Gasteiger partial charge in [-0.1, -0.05) is 93.6 Å². The minimum Gasteiger partial charge on any atom is -0.457 e. The van der Waals surface area contributed by atoms with Gasteiger partial charge in [0.1, 0.15) is 17.3 Å². The molecule has 0 atom stereocenters. The lowest BCUT2D eigenvalue weighted by Gasteiger charge is -2.25. The first kappa shape index (κ1) is 31.9. The number of anilines is 2. The van der Waals surface area contributed by atoms with E-state index in [2.05, 4.69) is 204 Å². The highest BCUT2D eigenvalue weighted by Crippen LogP contribution is 2.39. The van der Waals surface area contributed by atoms with Crippen LogP contribution in [-0.4, -0.2) is 20.8 Å². The van der Waals surface area contributed by atoms with Crippen LogP contribution >= 0.6 is 0 Å². The summed E-state index contributed by atoms with van der Waals surface area (Å²) in [5, 5.41) is 4.63. The molecule has 6 aromatic carbocycles. The minimum absolute atomic E-state index is 0.0699. The third-order valence-electron chi connectivity index (χ3n) is 10.6. The van der Waals surface area contributed by atoms with Crippen molar-refractivity contribution in [2.45, 2.75) is 26.2 Å². The summed E-state index contributed by atoms with van der Waals surface area (Å²) < 4.78 is 11.4. The maximum atomic E-state index is 6.81. The Kier molecular flexibility index (Phi) is 7.34. The van der Waals surface area contributed by atoms with Crippen molar-refractivity contribution in [3.05, 3.63) is 176 Å². The Hall–Kier alpha value is -6.79. The molecule has 0 bridgehead atoms. The molecule has 9 aromatic rings. The fourth-order valence-electron chi connectivity index (χ4n) is 7.84. The van der Waals surface area contributed by atoms with E-state index in [0.717, 1.165) is 68.2 Å². The monoisotopic (exact) mass is 701 g/mol. The Labute approximate surface area is 314 Å². The summed E-state index contributed by atoms with van der Waals surface area (Å²) in [4.78, 5) is 9.66. The summed E-state index contributed by atoms with van der Waals surface area (Å²) >= 11 is 0. The van der Waals surface area contributed by atoms with Crippen molar-refractivity contribution in [3.63, 3.8) is 0 Å². The standard InChI is InChI=1S/C48H39N5O/c1-48(2,3)33-26-36(51-25-24-50(32-51)34-14-6-4-7-15-34)28-38(27-33)54-37-22-23-41-39-18-10-13-21-44(39)53(45(41)29-37)47-30-46-42(31-49-47)40-19-11-12-20-43(40)52(46)35-16-8-5-9-17-35/h4-31H,32H2,1-3H3. The molecule has 0 fully saturated rings. The highest BCUT2D eigenvalue weighted by molar-refractivity contribution is 6.11. The van der Waals surface area contributed by atoms with E-state index in [4.69, 9.17) is 9.72 Å². The lowest BCUT2D eigenvalue weighted by molar-refractivity contribution is 0.479. The molecule has 10 rings (SSSR count). The van der Waals surface area contributed by atoms with E-state index in [9.17, 15) is 0 Å². The molecular formula is C48H39N5O. The molecule has 0 aliphatic carbocycles. The Morgan fingerprint density at radius 2 is 1.07 bits per heavy atom. The van der Waals surface area contributed by atoms with Gasteiger partial charge < -0.3 is 19.1 Å². The summed E-state index contributed by atoms with van der Waals surface area (Å²) in [6, 6.07) is 53.4. The van der Waals surface area contributed by atoms with Crippen LogP contribution in [0.1, 0.15) is 26.3 Å². The third kappa shape index (κ3) is 5.38. The van der Waals surface area contributed by atoms with Crippen molar-refractivity contribution < 1.29 is 4.74 Å². The molecule has 1 aliphatic rings. The second-order valence-electron chi connectivity index (χ2n) is 15.1. The van der Waals surface area contributed by atoms with Gasteiger partial charge >= 0.3 is 0 Å². The number of fused-ring (bicyclic) bond motifs is 6. The van der Waals surface area contributed by atoms with E-state index in [1.807, 2.05) is 6.20 Å². The predicted octanol–water partition coefficient (Wildman–Crippen LogP) is 12.1. The van der Waals surface area contributed by atoms with Crippen LogP contribution in [0.4, 0.5) is 11.4 Å². The maximum Gasteiger partial charge on any atom is 0.139 e. The SMILES string of the molecule is CC(C)(C)c1cc(Oc2ccc3c4ccccc4n(-c4cc5c(cn4)c4ccccc4n5-c4ccccc4)c3c2)cc(N2C=CN(c3ccccc3)C2)c1. The number of para-hydroxylation sites is 4. The van der Waals surface area contributed by atoms with Gasteiger partial charge in [-0.3, -0.25) is 4.57 Å². The number of ether oxygens (including phenoxy) is 1. The lowest BCUT2D eigenvalue weighted by Crippen LogP contribution is -2.25. The average molecular weight is 702 g/mol. The second kappa shape index (κ2) is 12.4. The Bertz CT molecular complexity index is 2880. The first-order valence-electron chi connectivity index (χ1n) is 18.5. The topological polar surface area (TPSA) is 38.5 Å². The molecule has 0 radical (unpaired) electrons. The Morgan fingerprint density at radius 3 is 1.80 bits per heavy atom. The molecule has 0 saturated carbocycles. The molecule has 0 saturated heterocycles. The Balaban J connectivity index is 1.08. The molecule has 54 heavy (non-hydrogen) atoms. The zero-order chi connectivity index (χ0) is 36.4. The van der Waals surface area contributed by atoms with Gasteiger partial charge in [0.25, 0.3) is 0 Å². The number of nitrogens with zero attached hydrogens (tertiary/aromatic N) is 5. The molecule has 3 aromatic heterocycles. The molecule has 6 nitrogen and oxygen atoms in total. The molecule has 0 N–H and O–H groups in total. The summed E-state index contributed by atoms with van der Waals surface area (Å²) in [5.74, 6) is 2.43. The van der Waals surface area contributed by atoms with Crippen LogP contribution < -0.4 is 14.5 Å². The van der Waals surface area contributed by atoms with E-state index in [0.29, 0.717) is 0 Å². The molecule has 0 amide bonds. The van der Waals surface area contributed by atoms with Gasteiger partial charge in [0.15, 0.2) is 0 Å². The summed E-state index contributed by atoms with van der Waals surface area (Å²) in [6.07, 6.45) is 6.31. The number of aromatic nitrogens is 3. The number of pyridine rings is 1. The quantitative estimate of drug-likeness (QED) is 0.173. The van der Waals surface area contributed by atoms with Crippen molar-refractivity contribution >= 4 is 55.0 Å². The van der Waals surface area contributed by atoms with E-state index in [-0.39, 0.29) is 5.41 Å². The fraction of sp³-hybridized carbons (Fsp3) is 0.104. The zero-order valence-electron chi connectivity index (χ0n) is 30.5. The third-order valence-corrected chi connectivity index (χ3v) is 10.6. The number of benzene rings is 6. The molecule has 4 heterocycles. The van der Waals surface area contributed by atoms with E-state index >= 15 is 0 Å². The Morgan fingerprint density at radius 1 is 0.481 bits per heavy atom. The van der Waals surface area contributed by atoms with Crippen LogP contribution in [0.25, 0.3) is 55.1 Å². The van der Waals surface area contributed by atoms with Gasteiger partial charge in [-0.25, -0.2) is 4.98 Å². The zero-order valence-corrected chi connectivity index (χ0v) is 30.5. The van der Waals surface area contributed by atoms with Gasteiger partial charge in [0, 0.05) is 75.4 Å². The van der Waals surface area contributed by atoms with Crippen LogP contribution in [0.15, 0.2) is 170 Å². The van der Waals surface area contributed by atoms with Crippen molar-refractivity contribution in [3.8, 4) is 23.0 Å². The maximum absolute atomic E-state index is 6.81. The van der Waals surface area contributed by atoms with Crippen molar-refractivity contribution in [1.29, 1.82) is 0 Å². The van der Waals surface area contributed by atoms with Crippen LogP contribution in [0.3, 0.4) is 0 Å². The van der Waals surface area contributed by atoms with Crippen molar-refractivity contribution in [1.82, 2.24) is 14.1 Å². The molecular weight excluding hydrogens is 663 g/mol.